The summed E-state index contributed by atoms with van der Waals surface area (Å²) in [6.45, 7) is 2.22. The van der Waals surface area contributed by atoms with Crippen LogP contribution in [0.2, 0.25) is 0 Å². The van der Waals surface area contributed by atoms with E-state index in [-0.39, 0.29) is 6.61 Å². The van der Waals surface area contributed by atoms with Crippen LogP contribution in [0.3, 0.4) is 0 Å². The number of pyridine rings is 1. The molecule has 1 heterocycles. The van der Waals surface area contributed by atoms with E-state index >= 15 is 0 Å². The first-order valence-electron chi connectivity index (χ1n) is 4.52. The molecule has 0 aliphatic carbocycles. The molecule has 0 saturated carbocycles. The summed E-state index contributed by atoms with van der Waals surface area (Å²) in [6.07, 6.45) is 5.12. The van der Waals surface area contributed by atoms with Gasteiger partial charge in [-0.2, -0.15) is 0 Å². The van der Waals surface area contributed by atoms with Crippen LogP contribution in [0, 0.1) is 0 Å². The molecule has 2 nitrogen and oxygen atoms in total. The number of hydrogen-bond donors (Lipinski definition) is 1. The zero-order valence-electron chi connectivity index (χ0n) is 7.76. The van der Waals surface area contributed by atoms with Crippen LogP contribution < -0.4 is 0 Å². The molecule has 0 bridgehead atoms. The number of halogens is 1. The lowest BCUT2D eigenvalue weighted by atomic mass is 10.1. The van der Waals surface area contributed by atoms with Gasteiger partial charge in [-0.3, -0.25) is 0 Å². The molecule has 1 aromatic heterocycles. The van der Waals surface area contributed by atoms with Gasteiger partial charge in [0, 0.05) is 11.8 Å². The molecule has 13 heavy (non-hydrogen) atoms. The fourth-order valence-corrected chi connectivity index (χ4v) is 1.77. The number of hydrogen-bond acceptors (Lipinski definition) is 2. The van der Waals surface area contributed by atoms with E-state index in [0.717, 1.165) is 23.0 Å². The van der Waals surface area contributed by atoms with Crippen molar-refractivity contribution >= 4 is 15.9 Å². The highest BCUT2D eigenvalue weighted by molar-refractivity contribution is 9.10. The molecule has 0 aliphatic rings. The summed E-state index contributed by atoms with van der Waals surface area (Å²) in [6, 6.07) is 1.98. The van der Waals surface area contributed by atoms with Crippen molar-refractivity contribution in [1.82, 2.24) is 4.98 Å². The lowest BCUT2D eigenvalue weighted by Crippen LogP contribution is -1.97. The van der Waals surface area contributed by atoms with Crippen molar-refractivity contribution in [3.8, 4) is 0 Å². The summed E-state index contributed by atoms with van der Waals surface area (Å²) in [4.78, 5) is 4.08. The Bertz CT molecular complexity index is 276. The van der Waals surface area contributed by atoms with Crippen molar-refractivity contribution < 1.29 is 5.11 Å². The van der Waals surface area contributed by atoms with E-state index in [1.807, 2.05) is 6.07 Å². The maximum atomic E-state index is 9.13. The minimum atomic E-state index is 0.0630. The summed E-state index contributed by atoms with van der Waals surface area (Å²) in [5, 5.41) is 9.13. The molecule has 0 radical (unpaired) electrons. The van der Waals surface area contributed by atoms with Crippen LogP contribution in [-0.2, 0) is 13.0 Å². The van der Waals surface area contributed by atoms with Gasteiger partial charge in [-0.1, -0.05) is 13.3 Å². The molecule has 0 saturated heterocycles. The Morgan fingerprint density at radius 2 is 2.31 bits per heavy atom. The second kappa shape index (κ2) is 5.35. The third-order valence-corrected chi connectivity index (χ3v) is 2.74. The molecule has 0 unspecified atom stereocenters. The average molecular weight is 244 g/mol. The largest absolute Gasteiger partial charge is 0.392 e. The number of aliphatic hydroxyl groups is 1. The first-order chi connectivity index (χ1) is 6.29. The molecule has 1 N–H and O–H groups in total. The van der Waals surface area contributed by atoms with E-state index < -0.39 is 0 Å². The molecule has 0 atom stereocenters. The molecule has 0 aromatic carbocycles. The molecule has 0 aliphatic heterocycles. The Balaban J connectivity index is 2.85. The molecule has 1 rings (SSSR count). The SMILES string of the molecule is CCCCc1ccnc(Br)c1CO. The smallest absolute Gasteiger partial charge is 0.111 e. The predicted molar refractivity (Wildman–Crippen MR) is 56.5 cm³/mol. The molecule has 0 amide bonds. The number of unbranched alkanes of at least 4 members (excludes halogenated alkanes) is 1. The standard InChI is InChI=1S/C10H14BrNO/c1-2-3-4-8-5-6-12-10(11)9(8)7-13/h5-6,13H,2-4,7H2,1H3. The van der Waals surface area contributed by atoms with Gasteiger partial charge >= 0.3 is 0 Å². The topological polar surface area (TPSA) is 33.1 Å². The van der Waals surface area contributed by atoms with Crippen LogP contribution in [0.1, 0.15) is 30.9 Å². The van der Waals surface area contributed by atoms with Crippen LogP contribution in [0.4, 0.5) is 0 Å². The summed E-state index contributed by atoms with van der Waals surface area (Å²) >= 11 is 3.33. The van der Waals surface area contributed by atoms with E-state index in [1.165, 1.54) is 12.0 Å². The van der Waals surface area contributed by atoms with Gasteiger partial charge in [-0.05, 0) is 40.4 Å². The summed E-state index contributed by atoms with van der Waals surface area (Å²) in [7, 11) is 0. The predicted octanol–water partition coefficient (Wildman–Crippen LogP) is 2.68. The second-order valence-electron chi connectivity index (χ2n) is 3.00. The number of nitrogens with zero attached hydrogens (tertiary/aromatic N) is 1. The minimum Gasteiger partial charge on any atom is -0.392 e. The fourth-order valence-electron chi connectivity index (χ4n) is 1.27. The number of rotatable bonds is 4. The van der Waals surface area contributed by atoms with E-state index in [4.69, 9.17) is 5.11 Å². The maximum Gasteiger partial charge on any atom is 0.111 e. The highest BCUT2D eigenvalue weighted by Crippen LogP contribution is 2.19. The van der Waals surface area contributed by atoms with Crippen LogP contribution in [0.25, 0.3) is 0 Å². The maximum absolute atomic E-state index is 9.13. The molecular formula is C10H14BrNO. The molecule has 0 fully saturated rings. The second-order valence-corrected chi connectivity index (χ2v) is 3.75. The first kappa shape index (κ1) is 10.7. The highest BCUT2D eigenvalue weighted by Gasteiger charge is 2.05. The molecule has 0 spiro atoms. The summed E-state index contributed by atoms with van der Waals surface area (Å²) in [5.74, 6) is 0. The van der Waals surface area contributed by atoms with Crippen molar-refractivity contribution in [3.63, 3.8) is 0 Å². The zero-order valence-corrected chi connectivity index (χ0v) is 9.34. The Hall–Kier alpha value is -0.410. The Morgan fingerprint density at radius 1 is 1.54 bits per heavy atom. The van der Waals surface area contributed by atoms with Gasteiger partial charge in [0.2, 0.25) is 0 Å². The Kier molecular flexibility index (Phi) is 4.39. The van der Waals surface area contributed by atoms with Gasteiger partial charge < -0.3 is 5.11 Å². The van der Waals surface area contributed by atoms with Gasteiger partial charge in [0.1, 0.15) is 4.60 Å². The Morgan fingerprint density at radius 3 is 2.92 bits per heavy atom. The van der Waals surface area contributed by atoms with Crippen molar-refractivity contribution in [2.45, 2.75) is 32.8 Å². The van der Waals surface area contributed by atoms with E-state index in [0.29, 0.717) is 0 Å². The lowest BCUT2D eigenvalue weighted by molar-refractivity contribution is 0.279. The zero-order chi connectivity index (χ0) is 9.68. The van der Waals surface area contributed by atoms with Gasteiger partial charge in [0.05, 0.1) is 6.61 Å². The number of aliphatic hydroxyl groups excluding tert-OH is 1. The first-order valence-corrected chi connectivity index (χ1v) is 5.32. The van der Waals surface area contributed by atoms with Gasteiger partial charge in [-0.15, -0.1) is 0 Å². The average Bonchev–Trinajstić information content (AvgIpc) is 2.15. The molecular weight excluding hydrogens is 230 g/mol. The number of aromatic nitrogens is 1. The summed E-state index contributed by atoms with van der Waals surface area (Å²) < 4.78 is 0.767. The summed E-state index contributed by atoms with van der Waals surface area (Å²) in [5.41, 5.74) is 2.13. The third-order valence-electron chi connectivity index (χ3n) is 2.06. The normalized spacial score (nSPS) is 10.4. The van der Waals surface area contributed by atoms with Crippen LogP contribution in [0.5, 0.6) is 0 Å². The van der Waals surface area contributed by atoms with E-state index in [9.17, 15) is 0 Å². The van der Waals surface area contributed by atoms with E-state index in [1.54, 1.807) is 6.20 Å². The molecule has 3 heteroatoms. The van der Waals surface area contributed by atoms with Crippen LogP contribution >= 0.6 is 15.9 Å². The quantitative estimate of drug-likeness (QED) is 0.826. The van der Waals surface area contributed by atoms with Crippen molar-refractivity contribution in [2.75, 3.05) is 0 Å². The molecule has 72 valence electrons. The van der Waals surface area contributed by atoms with Crippen LogP contribution in [0.15, 0.2) is 16.9 Å². The lowest BCUT2D eigenvalue weighted by Gasteiger charge is -2.07. The van der Waals surface area contributed by atoms with Gasteiger partial charge in [0.25, 0.3) is 0 Å². The van der Waals surface area contributed by atoms with Crippen molar-refractivity contribution in [3.05, 3.63) is 28.0 Å². The van der Waals surface area contributed by atoms with Gasteiger partial charge in [-0.25, -0.2) is 4.98 Å². The number of aryl methyl sites for hydroxylation is 1. The van der Waals surface area contributed by atoms with Crippen molar-refractivity contribution in [1.29, 1.82) is 0 Å². The third kappa shape index (κ3) is 2.78. The fraction of sp³-hybridized carbons (Fsp3) is 0.500. The van der Waals surface area contributed by atoms with Crippen LogP contribution in [-0.4, -0.2) is 10.1 Å². The minimum absolute atomic E-state index is 0.0630. The van der Waals surface area contributed by atoms with E-state index in [2.05, 4.69) is 27.8 Å². The Labute approximate surface area is 87.1 Å². The monoisotopic (exact) mass is 243 g/mol. The molecule has 1 aromatic rings. The highest BCUT2D eigenvalue weighted by atomic mass is 79.9. The van der Waals surface area contributed by atoms with Crippen molar-refractivity contribution in [2.24, 2.45) is 0 Å². The van der Waals surface area contributed by atoms with Gasteiger partial charge in [0.15, 0.2) is 0 Å².